The van der Waals surface area contributed by atoms with E-state index in [-0.39, 0.29) is 12.1 Å². The molecule has 0 aromatic rings. The van der Waals surface area contributed by atoms with Crippen LogP contribution >= 0.6 is 0 Å². The number of nitrogens with two attached hydrogens (primary N) is 1. The Balaban J connectivity index is 2.67. The number of aliphatic imine (C=N–C) groups is 1. The molecule has 1 heterocycles. The average molecular weight is 255 g/mol. The van der Waals surface area contributed by atoms with Gasteiger partial charge in [-0.1, -0.05) is 6.92 Å². The van der Waals surface area contributed by atoms with Crippen LogP contribution in [0.5, 0.6) is 0 Å². The summed E-state index contributed by atoms with van der Waals surface area (Å²) >= 11 is 0. The van der Waals surface area contributed by atoms with Gasteiger partial charge in [0.25, 0.3) is 0 Å². The summed E-state index contributed by atoms with van der Waals surface area (Å²) in [5.74, 6) is 0.556. The highest BCUT2D eigenvalue weighted by Crippen LogP contribution is 2.20. The Bertz CT molecular complexity index is 321. The molecule has 1 aliphatic heterocycles. The van der Waals surface area contributed by atoms with Gasteiger partial charge < -0.3 is 10.5 Å². The first-order valence-corrected chi connectivity index (χ1v) is 6.64. The van der Waals surface area contributed by atoms with Gasteiger partial charge in [0.05, 0.1) is 6.04 Å². The Kier molecular flexibility index (Phi) is 4.99. The number of amides is 1. The molecule has 18 heavy (non-hydrogen) atoms. The van der Waals surface area contributed by atoms with Gasteiger partial charge in [0.1, 0.15) is 11.4 Å². The number of hydrogen-bond acceptors (Lipinski definition) is 3. The molecule has 1 fully saturated rings. The molecule has 0 aromatic carbocycles. The second kappa shape index (κ2) is 6.07. The van der Waals surface area contributed by atoms with Crippen LogP contribution in [0.4, 0.5) is 4.79 Å². The first-order chi connectivity index (χ1) is 8.35. The van der Waals surface area contributed by atoms with Gasteiger partial charge in [-0.15, -0.1) is 0 Å². The third-order valence-corrected chi connectivity index (χ3v) is 2.74. The fraction of sp³-hybridized carbons (Fsp3) is 0.846. The zero-order valence-corrected chi connectivity index (χ0v) is 11.9. The topological polar surface area (TPSA) is 67.9 Å². The minimum atomic E-state index is -0.473. The van der Waals surface area contributed by atoms with Crippen LogP contribution in [0.2, 0.25) is 0 Å². The average Bonchev–Trinajstić information content (AvgIpc) is 2.72. The molecule has 1 amide bonds. The van der Waals surface area contributed by atoms with Crippen molar-refractivity contribution in [3.05, 3.63) is 0 Å². The number of rotatable bonds is 3. The van der Waals surface area contributed by atoms with Crippen molar-refractivity contribution in [1.82, 2.24) is 4.90 Å². The lowest BCUT2D eigenvalue weighted by Crippen LogP contribution is -2.46. The molecule has 1 unspecified atom stereocenters. The number of carbonyl (C=O) groups excluding carboxylic acids is 1. The van der Waals surface area contributed by atoms with Crippen molar-refractivity contribution in [1.29, 1.82) is 0 Å². The van der Waals surface area contributed by atoms with Gasteiger partial charge in [-0.25, -0.2) is 4.79 Å². The number of likely N-dealkylation sites (tertiary alicyclic amines) is 1. The molecule has 1 atom stereocenters. The third-order valence-electron chi connectivity index (χ3n) is 2.74. The molecule has 0 aliphatic carbocycles. The zero-order valence-electron chi connectivity index (χ0n) is 11.9. The Morgan fingerprint density at radius 3 is 2.72 bits per heavy atom. The Hall–Kier alpha value is -1.26. The van der Waals surface area contributed by atoms with Gasteiger partial charge in [-0.2, -0.15) is 0 Å². The molecular formula is C13H25N3O2. The molecule has 104 valence electrons. The molecule has 5 nitrogen and oxygen atoms in total. The first kappa shape index (κ1) is 14.8. The predicted molar refractivity (Wildman–Crippen MR) is 72.7 cm³/mol. The van der Waals surface area contributed by atoms with Gasteiger partial charge >= 0.3 is 6.09 Å². The molecule has 0 bridgehead atoms. The van der Waals surface area contributed by atoms with Crippen LogP contribution in [-0.4, -0.2) is 41.6 Å². The predicted octanol–water partition coefficient (Wildman–Crippen LogP) is 2.15. The van der Waals surface area contributed by atoms with Crippen LogP contribution in [0, 0.1) is 0 Å². The van der Waals surface area contributed by atoms with Gasteiger partial charge in [-0.05, 0) is 40.0 Å². The lowest BCUT2D eigenvalue weighted by molar-refractivity contribution is 0.0265. The van der Waals surface area contributed by atoms with E-state index < -0.39 is 5.60 Å². The van der Waals surface area contributed by atoms with Crippen LogP contribution in [0.15, 0.2) is 4.99 Å². The standard InChI is InChI=1S/C13H25N3O2/c1-5-8-15-11(14)10-7-6-9-16(10)12(17)18-13(2,3)4/h10H,5-9H2,1-4H3,(H2,14,15). The highest BCUT2D eigenvalue weighted by Gasteiger charge is 2.34. The van der Waals surface area contributed by atoms with E-state index in [0.717, 1.165) is 19.3 Å². The van der Waals surface area contributed by atoms with E-state index in [1.165, 1.54) is 0 Å². The maximum atomic E-state index is 12.0. The van der Waals surface area contributed by atoms with Crippen molar-refractivity contribution in [3.63, 3.8) is 0 Å². The minimum absolute atomic E-state index is 0.0913. The summed E-state index contributed by atoms with van der Waals surface area (Å²) in [6.45, 7) is 9.06. The van der Waals surface area contributed by atoms with Crippen LogP contribution in [0.25, 0.3) is 0 Å². The van der Waals surface area contributed by atoms with Crippen LogP contribution in [0.1, 0.15) is 47.0 Å². The highest BCUT2D eigenvalue weighted by molar-refractivity contribution is 5.89. The monoisotopic (exact) mass is 255 g/mol. The molecular weight excluding hydrogens is 230 g/mol. The van der Waals surface area contributed by atoms with Crippen LogP contribution in [-0.2, 0) is 4.74 Å². The maximum absolute atomic E-state index is 12.0. The summed E-state index contributed by atoms with van der Waals surface area (Å²) in [5, 5.41) is 0. The molecule has 2 N–H and O–H groups in total. The van der Waals surface area contributed by atoms with Crippen LogP contribution < -0.4 is 5.73 Å². The highest BCUT2D eigenvalue weighted by atomic mass is 16.6. The lowest BCUT2D eigenvalue weighted by atomic mass is 10.2. The summed E-state index contributed by atoms with van der Waals surface area (Å²) in [5.41, 5.74) is 5.48. The number of carbonyl (C=O) groups is 1. The number of hydrogen-bond donors (Lipinski definition) is 1. The van der Waals surface area contributed by atoms with Gasteiger partial charge in [0.15, 0.2) is 0 Å². The number of ether oxygens (including phenoxy) is 1. The van der Waals surface area contributed by atoms with Gasteiger partial charge in [0, 0.05) is 13.1 Å². The summed E-state index contributed by atoms with van der Waals surface area (Å²) in [4.78, 5) is 18.0. The number of nitrogens with zero attached hydrogens (tertiary/aromatic N) is 2. The summed E-state index contributed by atoms with van der Waals surface area (Å²) < 4.78 is 5.38. The second-order valence-electron chi connectivity index (χ2n) is 5.64. The van der Waals surface area contributed by atoms with E-state index in [1.54, 1.807) is 4.90 Å². The fourth-order valence-corrected chi connectivity index (χ4v) is 1.96. The largest absolute Gasteiger partial charge is 0.444 e. The van der Waals surface area contributed by atoms with E-state index >= 15 is 0 Å². The van der Waals surface area contributed by atoms with Crippen molar-refractivity contribution < 1.29 is 9.53 Å². The van der Waals surface area contributed by atoms with E-state index in [4.69, 9.17) is 10.5 Å². The fourth-order valence-electron chi connectivity index (χ4n) is 1.96. The van der Waals surface area contributed by atoms with Crippen molar-refractivity contribution in [2.45, 2.75) is 58.6 Å². The van der Waals surface area contributed by atoms with E-state index in [0.29, 0.717) is 18.9 Å². The molecule has 1 aliphatic rings. The molecule has 0 aromatic heterocycles. The van der Waals surface area contributed by atoms with Crippen molar-refractivity contribution >= 4 is 11.9 Å². The SMILES string of the molecule is CCCN=C(N)C1CCCN1C(=O)OC(C)(C)C. The lowest BCUT2D eigenvalue weighted by Gasteiger charge is -2.28. The number of amidine groups is 1. The van der Waals surface area contributed by atoms with Crippen molar-refractivity contribution in [2.75, 3.05) is 13.1 Å². The molecule has 5 heteroatoms. The smallest absolute Gasteiger partial charge is 0.410 e. The van der Waals surface area contributed by atoms with E-state index in [2.05, 4.69) is 11.9 Å². The normalized spacial score (nSPS) is 21.2. The summed E-state index contributed by atoms with van der Waals surface area (Å²) in [7, 11) is 0. The Labute approximate surface area is 109 Å². The maximum Gasteiger partial charge on any atom is 0.410 e. The zero-order chi connectivity index (χ0) is 13.8. The molecule has 1 saturated heterocycles. The third kappa shape index (κ3) is 4.20. The Morgan fingerprint density at radius 1 is 1.50 bits per heavy atom. The molecule has 1 rings (SSSR count). The minimum Gasteiger partial charge on any atom is -0.444 e. The quantitative estimate of drug-likeness (QED) is 0.620. The molecule has 0 radical (unpaired) electrons. The Morgan fingerprint density at radius 2 is 2.17 bits per heavy atom. The summed E-state index contributed by atoms with van der Waals surface area (Å²) in [6.07, 6.45) is 2.49. The van der Waals surface area contributed by atoms with Crippen LogP contribution in [0.3, 0.4) is 0 Å². The van der Waals surface area contributed by atoms with E-state index in [1.807, 2.05) is 20.8 Å². The van der Waals surface area contributed by atoms with Crippen molar-refractivity contribution in [2.24, 2.45) is 10.7 Å². The molecule has 0 spiro atoms. The first-order valence-electron chi connectivity index (χ1n) is 6.64. The van der Waals surface area contributed by atoms with Gasteiger partial charge in [-0.3, -0.25) is 9.89 Å². The van der Waals surface area contributed by atoms with Gasteiger partial charge in [0.2, 0.25) is 0 Å². The summed E-state index contributed by atoms with van der Waals surface area (Å²) in [6, 6.07) is -0.0913. The van der Waals surface area contributed by atoms with E-state index in [9.17, 15) is 4.79 Å². The second-order valence-corrected chi connectivity index (χ2v) is 5.64. The van der Waals surface area contributed by atoms with Crippen molar-refractivity contribution in [3.8, 4) is 0 Å². The molecule has 0 saturated carbocycles.